The molecule has 0 fully saturated rings. The molecular formula is C27H24BrClN2O4. The number of anilines is 1. The number of ether oxygens (including phenoxy) is 3. The summed E-state index contributed by atoms with van der Waals surface area (Å²) in [6, 6.07) is 19.9. The monoisotopic (exact) mass is 554 g/mol. The van der Waals surface area contributed by atoms with E-state index in [-0.39, 0.29) is 5.57 Å². The van der Waals surface area contributed by atoms with Gasteiger partial charge in [-0.05, 0) is 79.6 Å². The summed E-state index contributed by atoms with van der Waals surface area (Å²) < 4.78 is 18.0. The van der Waals surface area contributed by atoms with Gasteiger partial charge in [0.15, 0.2) is 11.5 Å². The van der Waals surface area contributed by atoms with Gasteiger partial charge in [0.1, 0.15) is 24.0 Å². The summed E-state index contributed by atoms with van der Waals surface area (Å²) in [7, 11) is 0. The molecule has 0 unspecified atom stereocenters. The molecular weight excluding hydrogens is 532 g/mol. The summed E-state index contributed by atoms with van der Waals surface area (Å²) in [5, 5.41) is 12.6. The molecule has 1 N–H and O–H groups in total. The van der Waals surface area contributed by atoms with Crippen LogP contribution in [0.3, 0.4) is 0 Å². The van der Waals surface area contributed by atoms with Crippen LogP contribution < -0.4 is 19.5 Å². The lowest BCUT2D eigenvalue weighted by Crippen LogP contribution is -2.13. The molecule has 0 spiro atoms. The van der Waals surface area contributed by atoms with Crippen molar-refractivity contribution in [3.8, 4) is 23.3 Å². The van der Waals surface area contributed by atoms with E-state index >= 15 is 0 Å². The fourth-order valence-electron chi connectivity index (χ4n) is 3.13. The van der Waals surface area contributed by atoms with Crippen LogP contribution in [0, 0.1) is 11.3 Å². The SMILES string of the molecule is CCOc1ccc(NC(=O)/C(C#N)=C/c2cc(Cl)c(OCc3ccc(Br)cc3)c(OCC)c2)cc1. The van der Waals surface area contributed by atoms with E-state index in [9.17, 15) is 10.1 Å². The van der Waals surface area contributed by atoms with Crippen molar-refractivity contribution in [3.05, 3.63) is 86.9 Å². The number of carbonyl (C=O) groups is 1. The molecule has 35 heavy (non-hydrogen) atoms. The van der Waals surface area contributed by atoms with Gasteiger partial charge in [-0.3, -0.25) is 4.79 Å². The molecule has 0 bridgehead atoms. The van der Waals surface area contributed by atoms with Gasteiger partial charge in [0, 0.05) is 10.2 Å². The van der Waals surface area contributed by atoms with Crippen LogP contribution in [0.4, 0.5) is 5.69 Å². The zero-order valence-electron chi connectivity index (χ0n) is 19.3. The highest BCUT2D eigenvalue weighted by molar-refractivity contribution is 9.10. The Morgan fingerprint density at radius 1 is 1.03 bits per heavy atom. The number of rotatable bonds is 10. The van der Waals surface area contributed by atoms with Crippen molar-refractivity contribution in [3.63, 3.8) is 0 Å². The second kappa shape index (κ2) is 12.8. The number of benzene rings is 3. The summed E-state index contributed by atoms with van der Waals surface area (Å²) in [6.07, 6.45) is 1.46. The molecule has 3 aromatic carbocycles. The summed E-state index contributed by atoms with van der Waals surface area (Å²) >= 11 is 9.91. The molecule has 0 saturated heterocycles. The summed E-state index contributed by atoms with van der Waals surface area (Å²) in [4.78, 5) is 12.7. The Balaban J connectivity index is 1.79. The molecule has 0 aliphatic rings. The van der Waals surface area contributed by atoms with Crippen LogP contribution in [0.25, 0.3) is 6.08 Å². The van der Waals surface area contributed by atoms with Gasteiger partial charge >= 0.3 is 0 Å². The fraction of sp³-hybridized carbons (Fsp3) is 0.185. The predicted molar refractivity (Wildman–Crippen MR) is 141 cm³/mol. The van der Waals surface area contributed by atoms with E-state index in [0.29, 0.717) is 53.3 Å². The van der Waals surface area contributed by atoms with Gasteiger partial charge in [0.2, 0.25) is 0 Å². The third-order valence-corrected chi connectivity index (χ3v) is 5.54. The topological polar surface area (TPSA) is 80.6 Å². The molecule has 1 amide bonds. The zero-order valence-corrected chi connectivity index (χ0v) is 21.7. The van der Waals surface area contributed by atoms with E-state index in [1.807, 2.05) is 44.2 Å². The van der Waals surface area contributed by atoms with Gasteiger partial charge in [-0.1, -0.05) is 39.7 Å². The average Bonchev–Trinajstić information content (AvgIpc) is 2.84. The Morgan fingerprint density at radius 3 is 2.34 bits per heavy atom. The molecule has 0 saturated carbocycles. The molecule has 3 rings (SSSR count). The van der Waals surface area contributed by atoms with Crippen molar-refractivity contribution >= 4 is 45.2 Å². The lowest BCUT2D eigenvalue weighted by Gasteiger charge is -2.15. The maximum atomic E-state index is 12.7. The molecule has 8 heteroatoms. The first-order chi connectivity index (χ1) is 16.9. The number of amides is 1. The van der Waals surface area contributed by atoms with Crippen LogP contribution in [0.1, 0.15) is 25.0 Å². The summed E-state index contributed by atoms with van der Waals surface area (Å²) in [5.74, 6) is 0.974. The summed E-state index contributed by atoms with van der Waals surface area (Å²) in [5.41, 5.74) is 1.96. The van der Waals surface area contributed by atoms with E-state index in [1.165, 1.54) is 6.08 Å². The van der Waals surface area contributed by atoms with Crippen LogP contribution in [-0.4, -0.2) is 19.1 Å². The Labute approximate surface area is 218 Å². The van der Waals surface area contributed by atoms with Gasteiger partial charge in [-0.15, -0.1) is 0 Å². The van der Waals surface area contributed by atoms with E-state index in [1.54, 1.807) is 36.4 Å². The van der Waals surface area contributed by atoms with Crippen molar-refractivity contribution in [2.24, 2.45) is 0 Å². The molecule has 0 aliphatic carbocycles. The highest BCUT2D eigenvalue weighted by atomic mass is 79.9. The van der Waals surface area contributed by atoms with E-state index in [0.717, 1.165) is 10.0 Å². The quantitative estimate of drug-likeness (QED) is 0.215. The normalized spacial score (nSPS) is 10.9. The second-order valence-electron chi connectivity index (χ2n) is 7.26. The van der Waals surface area contributed by atoms with E-state index < -0.39 is 5.91 Å². The maximum absolute atomic E-state index is 12.7. The minimum absolute atomic E-state index is 0.0825. The molecule has 0 radical (unpaired) electrons. The third-order valence-electron chi connectivity index (χ3n) is 4.73. The van der Waals surface area contributed by atoms with Crippen LogP contribution in [0.15, 0.2) is 70.7 Å². The molecule has 3 aromatic rings. The molecule has 6 nitrogen and oxygen atoms in total. The number of hydrogen-bond acceptors (Lipinski definition) is 5. The van der Waals surface area contributed by atoms with E-state index in [4.69, 9.17) is 25.8 Å². The minimum Gasteiger partial charge on any atom is -0.494 e. The third kappa shape index (κ3) is 7.51. The van der Waals surface area contributed by atoms with Gasteiger partial charge in [0.05, 0.1) is 18.2 Å². The standard InChI is InChI=1S/C27H24BrClN2O4/c1-3-33-23-11-9-22(10-12-23)31-27(32)20(16-30)13-19-14-24(29)26(25(15-19)34-4-2)35-17-18-5-7-21(28)8-6-18/h5-15H,3-4,17H2,1-2H3,(H,31,32)/b20-13+. The predicted octanol–water partition coefficient (Wildman–Crippen LogP) is 7.02. The Hall–Kier alpha value is -3.47. The van der Waals surface area contributed by atoms with Crippen LogP contribution in [0.2, 0.25) is 5.02 Å². The van der Waals surface area contributed by atoms with Crippen molar-refractivity contribution in [1.82, 2.24) is 0 Å². The van der Waals surface area contributed by atoms with Crippen molar-refractivity contribution in [1.29, 1.82) is 5.26 Å². The summed E-state index contributed by atoms with van der Waals surface area (Å²) in [6.45, 7) is 4.98. The Kier molecular flexibility index (Phi) is 9.59. The van der Waals surface area contributed by atoms with Gasteiger partial charge in [-0.2, -0.15) is 5.26 Å². The fourth-order valence-corrected chi connectivity index (χ4v) is 3.66. The van der Waals surface area contributed by atoms with Crippen LogP contribution >= 0.6 is 27.5 Å². The first-order valence-electron chi connectivity index (χ1n) is 10.9. The Bertz CT molecular complexity index is 1240. The van der Waals surface area contributed by atoms with Crippen LogP contribution in [0.5, 0.6) is 17.2 Å². The molecule has 0 aromatic heterocycles. The van der Waals surface area contributed by atoms with Gasteiger partial charge in [-0.25, -0.2) is 0 Å². The molecule has 180 valence electrons. The van der Waals surface area contributed by atoms with Gasteiger partial charge in [0.25, 0.3) is 5.91 Å². The number of halogens is 2. The smallest absolute Gasteiger partial charge is 0.266 e. The Morgan fingerprint density at radius 2 is 1.71 bits per heavy atom. The molecule has 0 atom stereocenters. The number of nitrogens with zero attached hydrogens (tertiary/aromatic N) is 1. The zero-order chi connectivity index (χ0) is 25.2. The van der Waals surface area contributed by atoms with Gasteiger partial charge < -0.3 is 19.5 Å². The number of carbonyl (C=O) groups excluding carboxylic acids is 1. The number of hydrogen-bond donors (Lipinski definition) is 1. The maximum Gasteiger partial charge on any atom is 0.266 e. The largest absolute Gasteiger partial charge is 0.494 e. The average molecular weight is 556 g/mol. The second-order valence-corrected chi connectivity index (χ2v) is 8.58. The molecule has 0 heterocycles. The highest BCUT2D eigenvalue weighted by Gasteiger charge is 2.15. The van der Waals surface area contributed by atoms with Crippen molar-refractivity contribution < 1.29 is 19.0 Å². The highest BCUT2D eigenvalue weighted by Crippen LogP contribution is 2.38. The minimum atomic E-state index is -0.540. The van der Waals surface area contributed by atoms with Crippen LogP contribution in [-0.2, 0) is 11.4 Å². The molecule has 0 aliphatic heterocycles. The van der Waals surface area contributed by atoms with E-state index in [2.05, 4.69) is 21.2 Å². The lowest BCUT2D eigenvalue weighted by molar-refractivity contribution is -0.112. The number of nitrogens with one attached hydrogen (secondary N) is 1. The lowest BCUT2D eigenvalue weighted by atomic mass is 10.1. The first kappa shape index (κ1) is 26.1. The first-order valence-corrected chi connectivity index (χ1v) is 12.1. The van der Waals surface area contributed by atoms with Crippen molar-refractivity contribution in [2.75, 3.05) is 18.5 Å². The number of nitriles is 1. The van der Waals surface area contributed by atoms with Crippen molar-refractivity contribution in [2.45, 2.75) is 20.5 Å².